The quantitative estimate of drug-likeness (QED) is 0.350. The van der Waals surface area contributed by atoms with Gasteiger partial charge in [0, 0.05) is 29.1 Å². The third kappa shape index (κ3) is 6.33. The number of fused-ring (bicyclic) bond motifs is 4. The molecule has 0 saturated heterocycles. The van der Waals surface area contributed by atoms with Gasteiger partial charge in [0.15, 0.2) is 0 Å². The number of ether oxygens (including phenoxy) is 2. The summed E-state index contributed by atoms with van der Waals surface area (Å²) in [5.74, 6) is -1.08. The van der Waals surface area contributed by atoms with Crippen LogP contribution in [-0.4, -0.2) is 63.6 Å². The van der Waals surface area contributed by atoms with Crippen LogP contribution in [0.1, 0.15) is 66.9 Å². The second-order valence-corrected chi connectivity index (χ2v) is 15.6. The van der Waals surface area contributed by atoms with Gasteiger partial charge in [-0.2, -0.15) is 0 Å². The van der Waals surface area contributed by atoms with Gasteiger partial charge in [0.25, 0.3) is 5.91 Å². The molecule has 1 amide bonds. The Hall–Kier alpha value is -3.08. The molecule has 45 heavy (non-hydrogen) atoms. The maximum Gasteiger partial charge on any atom is 0.306 e. The highest BCUT2D eigenvalue weighted by atomic mass is 35.5. The Kier molecular flexibility index (Phi) is 8.93. The number of sulfonamides is 1. The summed E-state index contributed by atoms with van der Waals surface area (Å²) in [4.78, 5) is 28.0. The second-order valence-electron chi connectivity index (χ2n) is 13.2. The van der Waals surface area contributed by atoms with E-state index >= 15 is 0 Å². The van der Waals surface area contributed by atoms with Crippen LogP contribution in [0.3, 0.4) is 0 Å². The Bertz CT molecular complexity index is 1610. The molecular formula is C34H41ClN2O7S. The summed E-state index contributed by atoms with van der Waals surface area (Å²) in [6.07, 6.45) is 7.49. The SMILES string of the molecule is COC(=O)C[C@H]1[C@H](C)C/C=C\[C@H](O)[C@@H]2CC[C@H]2CN2C[C@@]3(CCCc4cc(Cl)ccc43)COc3ccc(cc32)C(=O)NS1(=O)=O. The molecule has 0 unspecified atom stereocenters. The van der Waals surface area contributed by atoms with Gasteiger partial charge in [-0.3, -0.25) is 9.59 Å². The summed E-state index contributed by atoms with van der Waals surface area (Å²) >= 11 is 6.39. The summed E-state index contributed by atoms with van der Waals surface area (Å²) in [7, 11) is -3.08. The molecule has 2 heterocycles. The van der Waals surface area contributed by atoms with Gasteiger partial charge in [-0.1, -0.05) is 36.7 Å². The zero-order chi connectivity index (χ0) is 31.9. The van der Waals surface area contributed by atoms with E-state index in [-0.39, 0.29) is 22.8 Å². The van der Waals surface area contributed by atoms with Gasteiger partial charge in [-0.15, -0.1) is 0 Å². The summed E-state index contributed by atoms with van der Waals surface area (Å²) in [5, 5.41) is 10.7. The summed E-state index contributed by atoms with van der Waals surface area (Å²) in [5.41, 5.74) is 3.04. The topological polar surface area (TPSA) is 122 Å². The molecule has 1 saturated carbocycles. The number of halogens is 1. The minimum absolute atomic E-state index is 0.0477. The fraction of sp³-hybridized carbons (Fsp3) is 0.529. The standard InChI is InChI=1S/C34H41ClN2O7S/c1-21-5-3-7-29(38)26-11-8-24(26)18-37-19-34(14-4-6-22-15-25(35)10-12-27(22)34)20-44-30-13-9-23(16-28(30)37)33(40)36-45(41,42)31(21)17-32(39)43-2/h3,7,9-10,12-13,15-16,21,24,26,29,31,38H,4-6,8,11,14,17-20H2,1-2H3,(H,36,40)/b7-3-/t21-,24+,26-,29+,31+,34+/m1/s1. The summed E-state index contributed by atoms with van der Waals surface area (Å²) in [6, 6.07) is 11.1. The number of carbonyl (C=O) groups excluding carboxylic acids is 2. The van der Waals surface area contributed by atoms with Crippen LogP contribution in [0.25, 0.3) is 0 Å². The Morgan fingerprint density at radius 1 is 1.22 bits per heavy atom. The van der Waals surface area contributed by atoms with Crippen LogP contribution in [0.15, 0.2) is 48.6 Å². The number of nitrogens with one attached hydrogen (secondary N) is 1. The van der Waals surface area contributed by atoms with Crippen molar-refractivity contribution >= 4 is 39.2 Å². The molecule has 242 valence electrons. The average molecular weight is 657 g/mol. The molecule has 2 aromatic carbocycles. The van der Waals surface area contributed by atoms with E-state index in [1.54, 1.807) is 37.3 Å². The summed E-state index contributed by atoms with van der Waals surface area (Å²) in [6.45, 7) is 3.48. The van der Waals surface area contributed by atoms with E-state index in [0.29, 0.717) is 36.9 Å². The molecule has 1 fully saturated rings. The number of hydrogen-bond acceptors (Lipinski definition) is 8. The number of aliphatic hydroxyl groups is 1. The normalized spacial score (nSPS) is 31.7. The lowest BCUT2D eigenvalue weighted by Crippen LogP contribution is -2.49. The second kappa shape index (κ2) is 12.6. The first-order chi connectivity index (χ1) is 21.5. The molecule has 2 aliphatic heterocycles. The van der Waals surface area contributed by atoms with E-state index in [2.05, 4.69) is 15.7 Å². The van der Waals surface area contributed by atoms with Crippen LogP contribution in [0.5, 0.6) is 5.75 Å². The van der Waals surface area contributed by atoms with Crippen molar-refractivity contribution in [3.8, 4) is 5.75 Å². The van der Waals surface area contributed by atoms with Crippen molar-refractivity contribution in [2.75, 3.05) is 31.7 Å². The number of methoxy groups -OCH3 is 1. The molecule has 0 aromatic heterocycles. The number of anilines is 1. The van der Waals surface area contributed by atoms with Gasteiger partial charge in [0.05, 0.1) is 37.2 Å². The number of hydrogen-bond donors (Lipinski definition) is 2. The van der Waals surface area contributed by atoms with Crippen LogP contribution >= 0.6 is 11.6 Å². The van der Waals surface area contributed by atoms with Gasteiger partial charge in [0.1, 0.15) is 5.75 Å². The number of aryl methyl sites for hydroxylation is 1. The molecule has 11 heteroatoms. The van der Waals surface area contributed by atoms with Gasteiger partial charge >= 0.3 is 5.97 Å². The van der Waals surface area contributed by atoms with Crippen LogP contribution in [0.2, 0.25) is 5.02 Å². The number of carbonyl (C=O) groups is 2. The highest BCUT2D eigenvalue weighted by molar-refractivity contribution is 7.90. The number of amides is 1. The number of allylic oxidation sites excluding steroid dienone is 1. The minimum Gasteiger partial charge on any atom is -0.490 e. The van der Waals surface area contributed by atoms with Crippen molar-refractivity contribution in [2.24, 2.45) is 17.8 Å². The highest BCUT2D eigenvalue weighted by Gasteiger charge is 2.44. The maximum atomic E-state index is 13.6. The number of rotatable bonds is 2. The van der Waals surface area contributed by atoms with Crippen molar-refractivity contribution in [1.29, 1.82) is 0 Å². The van der Waals surface area contributed by atoms with Crippen molar-refractivity contribution in [2.45, 2.75) is 68.6 Å². The van der Waals surface area contributed by atoms with E-state index in [1.165, 1.54) is 18.2 Å². The molecule has 4 aliphatic rings. The van der Waals surface area contributed by atoms with Crippen LogP contribution in [-0.2, 0) is 31.4 Å². The summed E-state index contributed by atoms with van der Waals surface area (Å²) < 4.78 is 40.7. The first-order valence-electron chi connectivity index (χ1n) is 15.8. The van der Waals surface area contributed by atoms with Crippen LogP contribution in [0, 0.1) is 17.8 Å². The highest BCUT2D eigenvalue weighted by Crippen LogP contribution is 2.46. The molecule has 2 bridgehead atoms. The smallest absolute Gasteiger partial charge is 0.306 e. The lowest BCUT2D eigenvalue weighted by molar-refractivity contribution is -0.140. The van der Waals surface area contributed by atoms with E-state index in [4.69, 9.17) is 21.1 Å². The Morgan fingerprint density at radius 2 is 2.04 bits per heavy atom. The molecule has 2 N–H and O–H groups in total. The molecule has 1 spiro atoms. The molecule has 2 aromatic rings. The Labute approximate surface area is 270 Å². The molecule has 6 rings (SSSR count). The third-order valence-electron chi connectivity index (χ3n) is 10.4. The largest absolute Gasteiger partial charge is 0.490 e. The van der Waals surface area contributed by atoms with Crippen molar-refractivity contribution in [3.05, 3.63) is 70.3 Å². The molecule has 6 atom stereocenters. The van der Waals surface area contributed by atoms with Gasteiger partial charge in [-0.25, -0.2) is 13.1 Å². The number of esters is 1. The predicted octanol–water partition coefficient (Wildman–Crippen LogP) is 4.79. The first kappa shape index (κ1) is 31.9. The lowest BCUT2D eigenvalue weighted by Gasteiger charge is -2.45. The number of nitrogens with zero attached hydrogens (tertiary/aromatic N) is 1. The van der Waals surface area contributed by atoms with Crippen molar-refractivity contribution in [1.82, 2.24) is 4.72 Å². The molecule has 9 nitrogen and oxygen atoms in total. The third-order valence-corrected chi connectivity index (χ3v) is 12.5. The average Bonchev–Trinajstić information content (AvgIpc) is 3.13. The van der Waals surface area contributed by atoms with Gasteiger partial charge < -0.3 is 19.5 Å². The Balaban J connectivity index is 1.41. The number of benzene rings is 2. The van der Waals surface area contributed by atoms with E-state index < -0.39 is 45.6 Å². The zero-order valence-electron chi connectivity index (χ0n) is 25.7. The fourth-order valence-corrected chi connectivity index (χ4v) is 9.47. The maximum absolute atomic E-state index is 13.6. The van der Waals surface area contributed by atoms with Gasteiger partial charge in [0.2, 0.25) is 10.0 Å². The predicted molar refractivity (Wildman–Crippen MR) is 172 cm³/mol. The molecule has 2 aliphatic carbocycles. The van der Waals surface area contributed by atoms with E-state index in [9.17, 15) is 23.1 Å². The van der Waals surface area contributed by atoms with Crippen LogP contribution < -0.4 is 14.4 Å². The van der Waals surface area contributed by atoms with Gasteiger partial charge in [-0.05, 0) is 97.7 Å². The lowest BCUT2D eigenvalue weighted by atomic mass is 9.68. The van der Waals surface area contributed by atoms with Crippen molar-refractivity contribution in [3.63, 3.8) is 0 Å². The molecular weight excluding hydrogens is 616 g/mol. The zero-order valence-corrected chi connectivity index (χ0v) is 27.3. The van der Waals surface area contributed by atoms with E-state index in [1.807, 2.05) is 12.1 Å². The Morgan fingerprint density at radius 3 is 2.80 bits per heavy atom. The van der Waals surface area contributed by atoms with Crippen LogP contribution in [0.4, 0.5) is 5.69 Å². The first-order valence-corrected chi connectivity index (χ1v) is 17.7. The molecule has 0 radical (unpaired) electrons. The minimum atomic E-state index is -4.28. The van der Waals surface area contributed by atoms with Crippen molar-refractivity contribution < 1.29 is 32.6 Å². The fourth-order valence-electron chi connectivity index (χ4n) is 7.66. The number of aliphatic hydroxyl groups excluding tert-OH is 1. The van der Waals surface area contributed by atoms with E-state index in [0.717, 1.165) is 37.8 Å². The monoisotopic (exact) mass is 656 g/mol.